The summed E-state index contributed by atoms with van der Waals surface area (Å²) < 4.78 is 35.9. The second-order valence-electron chi connectivity index (χ2n) is 12.0. The lowest BCUT2D eigenvalue weighted by Gasteiger charge is -2.35. The lowest BCUT2D eigenvalue weighted by Crippen LogP contribution is -2.56. The quantitative estimate of drug-likeness (QED) is 0.156. The molecule has 1 atom stereocenters. The molecule has 0 aliphatic heterocycles. The van der Waals surface area contributed by atoms with E-state index in [1.165, 1.54) is 29.2 Å². The third-order valence-corrected chi connectivity index (χ3v) is 9.72. The molecule has 47 heavy (non-hydrogen) atoms. The molecular formula is C36H39BrClN3O5S. The van der Waals surface area contributed by atoms with E-state index in [1.807, 2.05) is 82.3 Å². The van der Waals surface area contributed by atoms with Gasteiger partial charge in [-0.05, 0) is 99.5 Å². The molecule has 0 heterocycles. The number of anilines is 1. The van der Waals surface area contributed by atoms with Crippen LogP contribution in [0.15, 0.2) is 112 Å². The Morgan fingerprint density at radius 1 is 0.872 bits per heavy atom. The van der Waals surface area contributed by atoms with E-state index >= 15 is 0 Å². The van der Waals surface area contributed by atoms with Gasteiger partial charge in [-0.2, -0.15) is 0 Å². The summed E-state index contributed by atoms with van der Waals surface area (Å²) in [5, 5.41) is 3.41. The molecule has 0 aliphatic rings. The molecule has 4 aromatic carbocycles. The fourth-order valence-electron chi connectivity index (χ4n) is 4.93. The van der Waals surface area contributed by atoms with Crippen LogP contribution in [-0.4, -0.2) is 49.9 Å². The standard InChI is InChI=1S/C36H39BrClN3O5S/c1-5-46-31-19-17-30(18-20-31)41(47(44,45)32-21-15-29(38)16-22-32)25-34(42)40(24-27-11-13-28(37)14-12-27)33(35(43)39-36(2,3)4)23-26-9-7-6-8-10-26/h6-22,33H,5,23-25H2,1-4H3,(H,39,43)/t33-/m0/s1. The van der Waals surface area contributed by atoms with E-state index in [-0.39, 0.29) is 29.5 Å². The van der Waals surface area contributed by atoms with Crippen LogP contribution in [0.5, 0.6) is 5.75 Å². The summed E-state index contributed by atoms with van der Waals surface area (Å²) in [7, 11) is -4.26. The number of ether oxygens (including phenoxy) is 1. The summed E-state index contributed by atoms with van der Waals surface area (Å²) in [5.41, 5.74) is 1.31. The fraction of sp³-hybridized carbons (Fsp3) is 0.278. The van der Waals surface area contributed by atoms with Gasteiger partial charge in [-0.25, -0.2) is 8.42 Å². The van der Waals surface area contributed by atoms with E-state index in [0.29, 0.717) is 17.4 Å². The Bertz CT molecular complexity index is 1750. The van der Waals surface area contributed by atoms with Crippen molar-refractivity contribution in [2.75, 3.05) is 17.5 Å². The molecule has 0 saturated heterocycles. The normalized spacial score (nSPS) is 12.2. The van der Waals surface area contributed by atoms with E-state index in [4.69, 9.17) is 16.3 Å². The summed E-state index contributed by atoms with van der Waals surface area (Å²) in [6.07, 6.45) is 0.220. The maximum atomic E-state index is 14.6. The number of sulfonamides is 1. The number of halogens is 2. The minimum Gasteiger partial charge on any atom is -0.494 e. The van der Waals surface area contributed by atoms with E-state index in [0.717, 1.165) is 19.9 Å². The highest BCUT2D eigenvalue weighted by atomic mass is 79.9. The Labute approximate surface area is 290 Å². The molecule has 8 nitrogen and oxygen atoms in total. The Morgan fingerprint density at radius 2 is 1.49 bits per heavy atom. The summed E-state index contributed by atoms with van der Waals surface area (Å²) in [6.45, 7) is 7.41. The molecule has 0 aromatic heterocycles. The molecule has 0 radical (unpaired) electrons. The SMILES string of the molecule is CCOc1ccc(N(CC(=O)N(Cc2ccc(Br)cc2)[C@@H](Cc2ccccc2)C(=O)NC(C)(C)C)S(=O)(=O)c2ccc(Cl)cc2)cc1. The predicted octanol–water partition coefficient (Wildman–Crippen LogP) is 7.25. The monoisotopic (exact) mass is 739 g/mol. The molecule has 0 unspecified atom stereocenters. The summed E-state index contributed by atoms with van der Waals surface area (Å²) >= 11 is 9.53. The van der Waals surface area contributed by atoms with Crippen LogP contribution in [0.25, 0.3) is 0 Å². The first-order valence-corrected chi connectivity index (χ1v) is 17.8. The minimum absolute atomic E-state index is 0.0330. The number of nitrogens with one attached hydrogen (secondary N) is 1. The van der Waals surface area contributed by atoms with Crippen LogP contribution in [0.2, 0.25) is 5.02 Å². The zero-order valence-corrected chi connectivity index (χ0v) is 30.0. The Balaban J connectivity index is 1.81. The maximum absolute atomic E-state index is 14.6. The lowest BCUT2D eigenvalue weighted by atomic mass is 10.0. The van der Waals surface area contributed by atoms with Crippen molar-refractivity contribution in [2.45, 2.75) is 57.1 Å². The van der Waals surface area contributed by atoms with Crippen LogP contribution in [0, 0.1) is 0 Å². The number of hydrogen-bond donors (Lipinski definition) is 1. The topological polar surface area (TPSA) is 96.0 Å². The highest BCUT2D eigenvalue weighted by Crippen LogP contribution is 2.28. The molecule has 2 amide bonds. The fourth-order valence-corrected chi connectivity index (χ4v) is 6.74. The van der Waals surface area contributed by atoms with Crippen molar-refractivity contribution in [3.8, 4) is 5.75 Å². The maximum Gasteiger partial charge on any atom is 0.264 e. The number of carbonyl (C=O) groups is 2. The van der Waals surface area contributed by atoms with Crippen LogP contribution < -0.4 is 14.4 Å². The third-order valence-electron chi connectivity index (χ3n) is 7.15. The van der Waals surface area contributed by atoms with Crippen LogP contribution in [0.3, 0.4) is 0 Å². The summed E-state index contributed by atoms with van der Waals surface area (Å²) in [6, 6.07) is 28.2. The summed E-state index contributed by atoms with van der Waals surface area (Å²) in [5.74, 6) is -0.339. The van der Waals surface area contributed by atoms with E-state index in [2.05, 4.69) is 21.2 Å². The van der Waals surface area contributed by atoms with Gasteiger partial charge in [0.15, 0.2) is 0 Å². The van der Waals surface area contributed by atoms with Crippen molar-refractivity contribution in [3.05, 3.63) is 124 Å². The molecule has 0 bridgehead atoms. The second kappa shape index (κ2) is 15.8. The Hall–Kier alpha value is -3.86. The van der Waals surface area contributed by atoms with Gasteiger partial charge in [0, 0.05) is 28.0 Å². The van der Waals surface area contributed by atoms with Gasteiger partial charge in [-0.3, -0.25) is 13.9 Å². The first-order chi connectivity index (χ1) is 22.3. The molecule has 1 N–H and O–H groups in total. The van der Waals surface area contributed by atoms with E-state index in [1.54, 1.807) is 24.3 Å². The van der Waals surface area contributed by atoms with Gasteiger partial charge < -0.3 is 15.0 Å². The number of nitrogens with zero attached hydrogens (tertiary/aromatic N) is 2. The molecule has 11 heteroatoms. The predicted molar refractivity (Wildman–Crippen MR) is 190 cm³/mol. The highest BCUT2D eigenvalue weighted by molar-refractivity contribution is 9.10. The van der Waals surface area contributed by atoms with Gasteiger partial charge >= 0.3 is 0 Å². The molecule has 4 rings (SSSR count). The van der Waals surface area contributed by atoms with Crippen molar-refractivity contribution in [2.24, 2.45) is 0 Å². The van der Waals surface area contributed by atoms with Crippen LogP contribution in [0.4, 0.5) is 5.69 Å². The Morgan fingerprint density at radius 3 is 2.06 bits per heavy atom. The Kier molecular flexibility index (Phi) is 12.1. The van der Waals surface area contributed by atoms with Crippen LogP contribution in [-0.2, 0) is 32.6 Å². The number of amides is 2. The van der Waals surface area contributed by atoms with Crippen molar-refractivity contribution < 1.29 is 22.7 Å². The molecular weight excluding hydrogens is 702 g/mol. The first-order valence-electron chi connectivity index (χ1n) is 15.2. The number of hydrogen-bond acceptors (Lipinski definition) is 5. The molecule has 0 saturated carbocycles. The number of benzene rings is 4. The van der Waals surface area contributed by atoms with Gasteiger partial charge in [-0.15, -0.1) is 0 Å². The van der Waals surface area contributed by atoms with Crippen molar-refractivity contribution in [1.29, 1.82) is 0 Å². The average molecular weight is 741 g/mol. The average Bonchev–Trinajstić information content (AvgIpc) is 3.03. The smallest absolute Gasteiger partial charge is 0.264 e. The van der Waals surface area contributed by atoms with Gasteiger partial charge in [-0.1, -0.05) is 70.0 Å². The third kappa shape index (κ3) is 10.1. The van der Waals surface area contributed by atoms with Gasteiger partial charge in [0.2, 0.25) is 11.8 Å². The largest absolute Gasteiger partial charge is 0.494 e. The minimum atomic E-state index is -4.26. The zero-order valence-electron chi connectivity index (χ0n) is 26.8. The molecule has 0 aliphatic carbocycles. The van der Waals surface area contributed by atoms with Crippen molar-refractivity contribution >= 4 is 55.1 Å². The highest BCUT2D eigenvalue weighted by Gasteiger charge is 2.35. The van der Waals surface area contributed by atoms with Crippen molar-refractivity contribution in [1.82, 2.24) is 10.2 Å². The van der Waals surface area contributed by atoms with Gasteiger partial charge in [0.05, 0.1) is 17.2 Å². The number of carbonyl (C=O) groups excluding carboxylic acids is 2. The number of rotatable bonds is 13. The van der Waals surface area contributed by atoms with Crippen LogP contribution >= 0.6 is 27.5 Å². The molecule has 0 spiro atoms. The van der Waals surface area contributed by atoms with Gasteiger partial charge in [0.25, 0.3) is 10.0 Å². The second-order valence-corrected chi connectivity index (χ2v) is 15.2. The lowest BCUT2D eigenvalue weighted by molar-refractivity contribution is -0.140. The first kappa shape index (κ1) is 36.0. The molecule has 248 valence electrons. The van der Waals surface area contributed by atoms with Crippen molar-refractivity contribution in [3.63, 3.8) is 0 Å². The molecule has 4 aromatic rings. The van der Waals surface area contributed by atoms with E-state index in [9.17, 15) is 18.0 Å². The van der Waals surface area contributed by atoms with Crippen LogP contribution in [0.1, 0.15) is 38.8 Å². The van der Waals surface area contributed by atoms with E-state index < -0.39 is 34.1 Å². The van der Waals surface area contributed by atoms with Gasteiger partial charge in [0.1, 0.15) is 18.3 Å². The molecule has 0 fully saturated rings. The summed E-state index contributed by atoms with van der Waals surface area (Å²) in [4.78, 5) is 30.0. The zero-order chi connectivity index (χ0) is 34.2.